The van der Waals surface area contributed by atoms with Crippen LogP contribution in [-0.4, -0.2) is 36.1 Å². The summed E-state index contributed by atoms with van der Waals surface area (Å²) in [5.41, 5.74) is 3.85. The third-order valence-electron chi connectivity index (χ3n) is 4.22. The van der Waals surface area contributed by atoms with Gasteiger partial charge in [0.25, 0.3) is 0 Å². The van der Waals surface area contributed by atoms with Gasteiger partial charge in [0.1, 0.15) is 0 Å². The molecular weight excluding hydrogens is 457 g/mol. The maximum atomic E-state index is 4.39. The number of hydrogen-bond acceptors (Lipinski definition) is 3. The van der Waals surface area contributed by atoms with Crippen molar-refractivity contribution in [1.29, 1.82) is 0 Å². The first-order chi connectivity index (χ1) is 12.2. The second kappa shape index (κ2) is 9.91. The summed E-state index contributed by atoms with van der Waals surface area (Å²) >= 11 is 1.75. The molecule has 0 aliphatic heterocycles. The molecule has 0 bridgehead atoms. The molecule has 0 aliphatic carbocycles. The van der Waals surface area contributed by atoms with Gasteiger partial charge >= 0.3 is 0 Å². The largest absolute Gasteiger partial charge is 0.361 e. The summed E-state index contributed by atoms with van der Waals surface area (Å²) in [6, 6.07) is 6.43. The standard InChI is InChI=1S/C19H25N5S.HI/c1-13-5-4-6-16-15(12-24-18(13)16)7-9-21-19(20-3)22-10-8-17-23-11-14(2)25-17;/h4-6,11-12,24H,7-10H2,1-3H3,(H2,20,21,22);1H. The Bertz CT molecular complexity index is 868. The van der Waals surface area contributed by atoms with Gasteiger partial charge in [-0.25, -0.2) is 4.98 Å². The maximum Gasteiger partial charge on any atom is 0.191 e. The summed E-state index contributed by atoms with van der Waals surface area (Å²) in [5, 5.41) is 9.21. The van der Waals surface area contributed by atoms with Crippen molar-refractivity contribution >= 4 is 52.2 Å². The fraction of sp³-hybridized carbons (Fsp3) is 0.368. The molecule has 0 atom stereocenters. The van der Waals surface area contributed by atoms with E-state index < -0.39 is 0 Å². The van der Waals surface area contributed by atoms with E-state index >= 15 is 0 Å². The zero-order valence-electron chi connectivity index (χ0n) is 15.4. The molecule has 0 saturated heterocycles. The Kier molecular flexibility index (Phi) is 7.89. The Morgan fingerprint density at radius 1 is 1.19 bits per heavy atom. The highest BCUT2D eigenvalue weighted by atomic mass is 127. The first kappa shape index (κ1) is 20.7. The van der Waals surface area contributed by atoms with Gasteiger partial charge in [-0.15, -0.1) is 35.3 Å². The van der Waals surface area contributed by atoms with E-state index in [0.717, 1.165) is 36.9 Å². The summed E-state index contributed by atoms with van der Waals surface area (Å²) in [4.78, 5) is 13.3. The van der Waals surface area contributed by atoms with Gasteiger partial charge in [0.2, 0.25) is 0 Å². The molecule has 26 heavy (non-hydrogen) atoms. The van der Waals surface area contributed by atoms with Gasteiger partial charge in [0, 0.05) is 54.7 Å². The molecule has 3 aromatic rings. The molecule has 0 saturated carbocycles. The molecule has 140 valence electrons. The van der Waals surface area contributed by atoms with Crippen LogP contribution in [-0.2, 0) is 12.8 Å². The minimum Gasteiger partial charge on any atom is -0.361 e. The lowest BCUT2D eigenvalue weighted by Crippen LogP contribution is -2.39. The number of benzene rings is 1. The van der Waals surface area contributed by atoms with Gasteiger partial charge in [-0.2, -0.15) is 0 Å². The zero-order valence-corrected chi connectivity index (χ0v) is 18.6. The lowest BCUT2D eigenvalue weighted by molar-refractivity contribution is 0.783. The number of para-hydroxylation sites is 1. The molecule has 7 heteroatoms. The van der Waals surface area contributed by atoms with Crippen LogP contribution in [0.5, 0.6) is 0 Å². The topological polar surface area (TPSA) is 65.1 Å². The van der Waals surface area contributed by atoms with Crippen LogP contribution >= 0.6 is 35.3 Å². The fourth-order valence-electron chi connectivity index (χ4n) is 2.91. The lowest BCUT2D eigenvalue weighted by Gasteiger charge is -2.11. The first-order valence-corrected chi connectivity index (χ1v) is 9.40. The Morgan fingerprint density at radius 3 is 2.65 bits per heavy atom. The molecule has 1 aromatic carbocycles. The van der Waals surface area contributed by atoms with Crippen LogP contribution < -0.4 is 10.6 Å². The highest BCUT2D eigenvalue weighted by molar-refractivity contribution is 14.0. The Labute approximate surface area is 175 Å². The summed E-state index contributed by atoms with van der Waals surface area (Å²) in [5.74, 6) is 0.837. The summed E-state index contributed by atoms with van der Waals surface area (Å²) in [6.07, 6.45) is 5.91. The van der Waals surface area contributed by atoms with E-state index in [1.165, 1.54) is 26.9 Å². The van der Waals surface area contributed by atoms with E-state index in [0.29, 0.717) is 0 Å². The van der Waals surface area contributed by atoms with Crippen molar-refractivity contribution < 1.29 is 0 Å². The van der Waals surface area contributed by atoms with Crippen molar-refractivity contribution in [3.8, 4) is 0 Å². The highest BCUT2D eigenvalue weighted by Crippen LogP contribution is 2.21. The molecule has 0 spiro atoms. The van der Waals surface area contributed by atoms with Crippen LogP contribution in [0.4, 0.5) is 0 Å². The monoisotopic (exact) mass is 483 g/mol. The molecule has 2 heterocycles. The molecule has 5 nitrogen and oxygen atoms in total. The second-order valence-electron chi connectivity index (χ2n) is 6.10. The van der Waals surface area contributed by atoms with Crippen molar-refractivity contribution in [2.45, 2.75) is 26.7 Å². The molecule has 0 aliphatic rings. The van der Waals surface area contributed by atoms with Crippen molar-refractivity contribution in [2.24, 2.45) is 4.99 Å². The Hall–Kier alpha value is -1.61. The third-order valence-corrected chi connectivity index (χ3v) is 5.19. The number of thiazole rings is 1. The molecule has 0 unspecified atom stereocenters. The van der Waals surface area contributed by atoms with Gasteiger partial charge < -0.3 is 15.6 Å². The third kappa shape index (κ3) is 5.20. The summed E-state index contributed by atoms with van der Waals surface area (Å²) < 4.78 is 0. The van der Waals surface area contributed by atoms with Crippen LogP contribution in [0.1, 0.15) is 21.0 Å². The van der Waals surface area contributed by atoms with Crippen LogP contribution in [0.25, 0.3) is 10.9 Å². The smallest absolute Gasteiger partial charge is 0.191 e. The zero-order chi connectivity index (χ0) is 17.6. The maximum absolute atomic E-state index is 4.39. The lowest BCUT2D eigenvalue weighted by atomic mass is 10.1. The number of halogens is 1. The Balaban J connectivity index is 0.00000243. The highest BCUT2D eigenvalue weighted by Gasteiger charge is 2.06. The molecule has 0 radical (unpaired) electrons. The number of hydrogen-bond donors (Lipinski definition) is 3. The number of fused-ring (bicyclic) bond motifs is 1. The number of nitrogens with zero attached hydrogens (tertiary/aromatic N) is 2. The summed E-state index contributed by atoms with van der Waals surface area (Å²) in [7, 11) is 1.80. The quantitative estimate of drug-likeness (QED) is 0.284. The predicted molar refractivity (Wildman–Crippen MR) is 122 cm³/mol. The number of aliphatic imine (C=N–C) groups is 1. The van der Waals surface area contributed by atoms with Crippen LogP contribution in [0, 0.1) is 13.8 Å². The SMILES string of the molecule is CN=C(NCCc1ncc(C)s1)NCCc1c[nH]c2c(C)cccc12.I. The van der Waals surface area contributed by atoms with Crippen molar-refractivity contribution in [3.05, 3.63) is 51.6 Å². The van der Waals surface area contributed by atoms with Crippen LogP contribution in [0.3, 0.4) is 0 Å². The number of aromatic amines is 1. The molecule has 0 fully saturated rings. The number of nitrogens with one attached hydrogen (secondary N) is 3. The minimum atomic E-state index is 0. The van der Waals surface area contributed by atoms with Crippen molar-refractivity contribution in [2.75, 3.05) is 20.1 Å². The average Bonchev–Trinajstić information content (AvgIpc) is 3.21. The molecule has 2 aromatic heterocycles. The number of rotatable bonds is 6. The van der Waals surface area contributed by atoms with Crippen molar-refractivity contribution in [3.63, 3.8) is 0 Å². The molecular formula is C19H26IN5S. The van der Waals surface area contributed by atoms with E-state index in [2.05, 4.69) is 63.8 Å². The fourth-order valence-corrected chi connectivity index (χ4v) is 3.70. The number of guanidine groups is 1. The first-order valence-electron chi connectivity index (χ1n) is 8.59. The second-order valence-corrected chi connectivity index (χ2v) is 7.42. The average molecular weight is 483 g/mol. The number of aromatic nitrogens is 2. The van der Waals surface area contributed by atoms with Gasteiger partial charge in [-0.3, -0.25) is 4.99 Å². The number of aryl methyl sites for hydroxylation is 2. The van der Waals surface area contributed by atoms with E-state index in [1.807, 2.05) is 6.20 Å². The van der Waals surface area contributed by atoms with Crippen LogP contribution in [0.2, 0.25) is 0 Å². The van der Waals surface area contributed by atoms with E-state index in [4.69, 9.17) is 0 Å². The van der Waals surface area contributed by atoms with E-state index in [-0.39, 0.29) is 24.0 Å². The van der Waals surface area contributed by atoms with Crippen molar-refractivity contribution in [1.82, 2.24) is 20.6 Å². The van der Waals surface area contributed by atoms with Gasteiger partial charge in [-0.1, -0.05) is 18.2 Å². The van der Waals surface area contributed by atoms with E-state index in [9.17, 15) is 0 Å². The van der Waals surface area contributed by atoms with E-state index in [1.54, 1.807) is 18.4 Å². The molecule has 3 rings (SSSR count). The van der Waals surface area contributed by atoms with Gasteiger partial charge in [-0.05, 0) is 31.4 Å². The summed E-state index contributed by atoms with van der Waals surface area (Å²) in [6.45, 7) is 5.90. The predicted octanol–water partition coefficient (Wildman–Crippen LogP) is 3.81. The normalized spacial score (nSPS) is 11.4. The van der Waals surface area contributed by atoms with Crippen LogP contribution in [0.15, 0.2) is 35.6 Å². The minimum absolute atomic E-state index is 0. The molecule has 3 N–H and O–H groups in total. The van der Waals surface area contributed by atoms with Gasteiger partial charge in [0.15, 0.2) is 5.96 Å². The molecule has 0 amide bonds. The Morgan fingerprint density at radius 2 is 1.96 bits per heavy atom. The number of H-pyrrole nitrogens is 1. The van der Waals surface area contributed by atoms with Gasteiger partial charge in [0.05, 0.1) is 5.01 Å².